The molecule has 11 heteroatoms. The summed E-state index contributed by atoms with van der Waals surface area (Å²) in [6.45, 7) is 18.1. The van der Waals surface area contributed by atoms with Crippen LogP contribution in [0.1, 0.15) is 278 Å². The third-order valence-corrected chi connectivity index (χ3v) is 22.4. The predicted molar refractivity (Wildman–Crippen MR) is 374 cm³/mol. The molecule has 0 aliphatic heterocycles. The summed E-state index contributed by atoms with van der Waals surface area (Å²) in [6.07, 6.45) is 47.5. The maximum absolute atomic E-state index is 5.26. The first kappa shape index (κ1) is 71.8. The average Bonchev–Trinajstić information content (AvgIpc) is 3.49. The summed E-state index contributed by atoms with van der Waals surface area (Å²) in [6, 6.07) is 18.0. The van der Waals surface area contributed by atoms with Crippen LogP contribution in [0, 0.1) is 6.92 Å². The van der Waals surface area contributed by atoms with Gasteiger partial charge in [-0.25, -0.2) is 0 Å². The second-order valence-electron chi connectivity index (χ2n) is 22.6. The molecule has 4 aromatic rings. The van der Waals surface area contributed by atoms with Crippen molar-refractivity contribution in [1.29, 1.82) is 0 Å². The van der Waals surface area contributed by atoms with Crippen molar-refractivity contribution in [3.8, 4) is 11.4 Å². The van der Waals surface area contributed by atoms with Crippen molar-refractivity contribution in [3.05, 3.63) is 61.0 Å². The Kier molecular flexibility index (Phi) is 43.0. The van der Waals surface area contributed by atoms with Gasteiger partial charge in [0.1, 0.15) is 0 Å². The van der Waals surface area contributed by atoms with Crippen molar-refractivity contribution in [2.24, 2.45) is 0 Å². The molecule has 2 N–H and O–H groups in total. The first-order valence-electron chi connectivity index (χ1n) is 33.3. The van der Waals surface area contributed by atoms with Gasteiger partial charge in [-0.15, -0.1) is 70.6 Å². The van der Waals surface area contributed by atoms with Gasteiger partial charge in [0.05, 0.1) is 0 Å². The molecule has 0 saturated carbocycles. The van der Waals surface area contributed by atoms with Gasteiger partial charge in [0.15, 0.2) is 5.82 Å². The Hall–Kier alpha value is -1.63. The summed E-state index contributed by atoms with van der Waals surface area (Å²) >= 11 is 12.5. The van der Waals surface area contributed by atoms with Crippen LogP contribution in [0.2, 0.25) is 0 Å². The van der Waals surface area contributed by atoms with E-state index in [1.807, 2.05) is 0 Å². The molecule has 455 valence electrons. The van der Waals surface area contributed by atoms with E-state index in [1.165, 1.54) is 272 Å². The molecule has 0 aliphatic rings. The van der Waals surface area contributed by atoms with Gasteiger partial charge in [-0.1, -0.05) is 258 Å². The molecule has 3 aromatic carbocycles. The highest BCUT2D eigenvalue weighted by Gasteiger charge is 2.19. The van der Waals surface area contributed by atoms with Crippen molar-refractivity contribution < 1.29 is 0 Å². The van der Waals surface area contributed by atoms with E-state index in [0.717, 1.165) is 45.5 Å². The molecule has 0 spiro atoms. The van der Waals surface area contributed by atoms with E-state index in [2.05, 4.69) is 178 Å². The molecule has 1 radical (unpaired) electrons. The van der Waals surface area contributed by atoms with Crippen molar-refractivity contribution in [2.45, 2.75) is 302 Å². The molecule has 0 atom stereocenters. The second kappa shape index (κ2) is 48.5. The summed E-state index contributed by atoms with van der Waals surface area (Å²) in [7, 11) is 0. The SMILES string of the molecule is [CH2]c1ccc(-c2nc(Nc3cc(SCCCCCCCC)c(SCCCCCCCC)c(SCCCCCCCC)c3)nc(Nc3cc(SCCCCCCCC)c(SCCCCCCCC)c(SCCCCCCCC)c3)n2)cc1. The summed E-state index contributed by atoms with van der Waals surface area (Å²) in [4.78, 5) is 24.3. The van der Waals surface area contributed by atoms with Crippen molar-refractivity contribution >= 4 is 93.8 Å². The fourth-order valence-corrected chi connectivity index (χ4v) is 17.4. The Labute approximate surface area is 524 Å². The molecule has 0 unspecified atom stereocenters. The number of aromatic nitrogens is 3. The van der Waals surface area contributed by atoms with E-state index in [4.69, 9.17) is 15.0 Å². The van der Waals surface area contributed by atoms with Crippen LogP contribution in [0.3, 0.4) is 0 Å². The zero-order valence-electron chi connectivity index (χ0n) is 52.3. The van der Waals surface area contributed by atoms with Crippen LogP contribution in [-0.4, -0.2) is 49.5 Å². The van der Waals surface area contributed by atoms with E-state index in [-0.39, 0.29) is 0 Å². The lowest BCUT2D eigenvalue weighted by molar-refractivity contribution is 0.626. The normalized spacial score (nSPS) is 11.5. The van der Waals surface area contributed by atoms with Gasteiger partial charge in [0.2, 0.25) is 11.9 Å². The minimum absolute atomic E-state index is 0.564. The van der Waals surface area contributed by atoms with Gasteiger partial charge in [0, 0.05) is 46.3 Å². The van der Waals surface area contributed by atoms with Crippen molar-refractivity contribution in [1.82, 2.24) is 15.0 Å². The Morgan fingerprint density at radius 3 is 0.827 bits per heavy atom. The van der Waals surface area contributed by atoms with E-state index in [0.29, 0.717) is 17.7 Å². The maximum atomic E-state index is 5.26. The Morgan fingerprint density at radius 1 is 0.309 bits per heavy atom. The largest absolute Gasteiger partial charge is 0.324 e. The fourth-order valence-electron chi connectivity index (χ4n) is 9.91. The number of hydrogen-bond acceptors (Lipinski definition) is 11. The summed E-state index contributed by atoms with van der Waals surface area (Å²) in [5, 5.41) is 7.65. The monoisotopic (exact) mass is 1220 g/mol. The fraction of sp³-hybridized carbons (Fsp3) is 0.686. The lowest BCUT2D eigenvalue weighted by Crippen LogP contribution is -2.06. The molecule has 0 fully saturated rings. The van der Waals surface area contributed by atoms with E-state index < -0.39 is 0 Å². The topological polar surface area (TPSA) is 62.7 Å². The van der Waals surface area contributed by atoms with Gasteiger partial charge in [-0.05, 0) is 110 Å². The van der Waals surface area contributed by atoms with Gasteiger partial charge in [-0.2, -0.15) is 15.0 Å². The zero-order valence-corrected chi connectivity index (χ0v) is 57.2. The number of rotatable bonds is 53. The van der Waals surface area contributed by atoms with Crippen LogP contribution in [0.25, 0.3) is 11.4 Å². The van der Waals surface area contributed by atoms with Gasteiger partial charge in [-0.3, -0.25) is 0 Å². The molecule has 1 aromatic heterocycles. The van der Waals surface area contributed by atoms with E-state index in [9.17, 15) is 0 Å². The van der Waals surface area contributed by atoms with Crippen LogP contribution < -0.4 is 10.6 Å². The Balaban J connectivity index is 1.76. The van der Waals surface area contributed by atoms with Crippen LogP contribution in [-0.2, 0) is 0 Å². The number of anilines is 4. The highest BCUT2D eigenvalue weighted by Crippen LogP contribution is 2.45. The standard InChI is InChI=1S/C70H114N5S6/c1-8-14-20-26-32-38-48-76-62-54-60(55-63(77-49-39-33-27-21-15-9-2)66(62)80-52-42-36-30-24-18-12-5)71-69-73-68(59-46-44-58(7)45-47-59)74-70(75-69)72-61-56-64(78-50-40-34-28-22-16-10-3)67(81-53-43-37-31-25-19-13-6)65(57-61)79-51-41-35-29-23-17-11-4/h44-47,54-57H,7-43,48-53H2,1-6H3,(H2,71,72,73,74,75). The minimum Gasteiger partial charge on any atom is -0.324 e. The molecular formula is C70H114N5S6. The third-order valence-electron chi connectivity index (χ3n) is 14.9. The first-order chi connectivity index (χ1) is 39.9. The van der Waals surface area contributed by atoms with Crippen LogP contribution in [0.4, 0.5) is 23.3 Å². The number of thioether (sulfide) groups is 6. The highest BCUT2D eigenvalue weighted by atomic mass is 32.2. The second-order valence-corrected chi connectivity index (χ2v) is 29.3. The lowest BCUT2D eigenvalue weighted by atomic mass is 10.1. The van der Waals surface area contributed by atoms with Crippen molar-refractivity contribution in [3.63, 3.8) is 0 Å². The molecular weight excluding hydrogens is 1100 g/mol. The average molecular weight is 1220 g/mol. The number of nitrogens with one attached hydrogen (secondary N) is 2. The Bertz CT molecular complexity index is 1970. The van der Waals surface area contributed by atoms with Gasteiger partial charge < -0.3 is 10.6 Å². The van der Waals surface area contributed by atoms with Crippen LogP contribution in [0.5, 0.6) is 0 Å². The zero-order chi connectivity index (χ0) is 57.6. The summed E-state index contributed by atoms with van der Waals surface area (Å²) in [5.41, 5.74) is 4.04. The summed E-state index contributed by atoms with van der Waals surface area (Å²) in [5.74, 6) is 8.68. The minimum atomic E-state index is 0.564. The molecule has 0 amide bonds. The molecule has 0 saturated heterocycles. The number of benzene rings is 3. The third kappa shape index (κ3) is 32.6. The van der Waals surface area contributed by atoms with Gasteiger partial charge in [0.25, 0.3) is 0 Å². The predicted octanol–water partition coefficient (Wildman–Crippen LogP) is 25.9. The summed E-state index contributed by atoms with van der Waals surface area (Å²) < 4.78 is 0. The number of hydrogen-bond donors (Lipinski definition) is 2. The van der Waals surface area contributed by atoms with E-state index >= 15 is 0 Å². The number of nitrogens with zero attached hydrogens (tertiary/aromatic N) is 3. The highest BCUT2D eigenvalue weighted by molar-refractivity contribution is 8.04. The van der Waals surface area contributed by atoms with Crippen molar-refractivity contribution in [2.75, 3.05) is 45.2 Å². The molecule has 0 aliphatic carbocycles. The molecule has 5 nitrogen and oxygen atoms in total. The first-order valence-corrected chi connectivity index (χ1v) is 39.2. The van der Waals surface area contributed by atoms with Gasteiger partial charge >= 0.3 is 0 Å². The quantitative estimate of drug-likeness (QED) is 0.0328. The van der Waals surface area contributed by atoms with Crippen LogP contribution in [0.15, 0.2) is 77.9 Å². The molecule has 4 rings (SSSR count). The van der Waals surface area contributed by atoms with E-state index in [1.54, 1.807) is 0 Å². The lowest BCUT2D eigenvalue weighted by Gasteiger charge is -2.19. The smallest absolute Gasteiger partial charge is 0.232 e. The molecule has 0 bridgehead atoms. The maximum Gasteiger partial charge on any atom is 0.232 e. The van der Waals surface area contributed by atoms with Crippen LogP contribution >= 0.6 is 70.6 Å². The number of unbranched alkanes of at least 4 members (excludes halogenated alkanes) is 30. The Morgan fingerprint density at radius 2 is 0.556 bits per heavy atom. The molecule has 81 heavy (non-hydrogen) atoms. The molecule has 1 heterocycles.